The Morgan fingerprint density at radius 2 is 1.77 bits per heavy atom. The number of carbonyl (C=O) groups excluding carboxylic acids is 1. The Bertz CT molecular complexity index is 1160. The average Bonchev–Trinajstić information content (AvgIpc) is 3.29. The van der Waals surface area contributed by atoms with Gasteiger partial charge in [0.25, 0.3) is 5.91 Å². The summed E-state index contributed by atoms with van der Waals surface area (Å²) < 4.78 is 1.88. The smallest absolute Gasteiger partial charge is 0.251 e. The molecule has 5 nitrogen and oxygen atoms in total. The second kappa shape index (κ2) is 8.03. The molecular weight excluding hydrogens is 392 g/mol. The quantitative estimate of drug-likeness (QED) is 0.494. The molecule has 30 heavy (non-hydrogen) atoms. The molecule has 154 valence electrons. The zero-order valence-corrected chi connectivity index (χ0v) is 18.6. The maximum atomic E-state index is 12.5. The van der Waals surface area contributed by atoms with Gasteiger partial charge in [-0.3, -0.25) is 4.79 Å². The number of thiazole rings is 1. The maximum absolute atomic E-state index is 12.5. The highest BCUT2D eigenvalue weighted by Gasteiger charge is 2.15. The summed E-state index contributed by atoms with van der Waals surface area (Å²) in [5.74, 6) is 0.673. The number of rotatable bonds is 5. The molecule has 0 saturated heterocycles. The van der Waals surface area contributed by atoms with Crippen LogP contribution in [-0.4, -0.2) is 27.0 Å². The first-order chi connectivity index (χ1) is 14.3. The van der Waals surface area contributed by atoms with Crippen LogP contribution in [0, 0.1) is 6.92 Å². The Hall–Kier alpha value is -2.99. The summed E-state index contributed by atoms with van der Waals surface area (Å²) in [5.41, 5.74) is 5.24. The molecular formula is C24H26N4OS. The van der Waals surface area contributed by atoms with Crippen LogP contribution in [0.25, 0.3) is 16.3 Å². The van der Waals surface area contributed by atoms with E-state index in [9.17, 15) is 4.79 Å². The Labute approximate surface area is 180 Å². The normalized spacial score (nSPS) is 11.7. The van der Waals surface area contributed by atoms with Crippen molar-refractivity contribution in [2.75, 3.05) is 6.54 Å². The van der Waals surface area contributed by atoms with Gasteiger partial charge in [-0.1, -0.05) is 62.7 Å². The Morgan fingerprint density at radius 1 is 1.07 bits per heavy atom. The molecule has 4 aromatic rings. The number of aromatic nitrogens is 3. The minimum absolute atomic E-state index is 0.0548. The molecule has 0 unspecified atom stereocenters. The third-order valence-electron chi connectivity index (χ3n) is 5.14. The van der Waals surface area contributed by atoms with Crippen LogP contribution in [-0.2, 0) is 11.8 Å². The van der Waals surface area contributed by atoms with E-state index < -0.39 is 0 Å². The van der Waals surface area contributed by atoms with Gasteiger partial charge >= 0.3 is 0 Å². The number of benzene rings is 2. The molecule has 0 atom stereocenters. The molecule has 2 aromatic carbocycles. The lowest BCUT2D eigenvalue weighted by atomic mass is 9.87. The summed E-state index contributed by atoms with van der Waals surface area (Å²) in [7, 11) is 0. The molecule has 1 N–H and O–H groups in total. The number of carbonyl (C=O) groups is 1. The van der Waals surface area contributed by atoms with Crippen molar-refractivity contribution in [2.24, 2.45) is 0 Å². The van der Waals surface area contributed by atoms with Crippen LogP contribution in [0.3, 0.4) is 0 Å². The van der Waals surface area contributed by atoms with E-state index in [1.165, 1.54) is 11.1 Å². The molecule has 0 fully saturated rings. The first-order valence-electron chi connectivity index (χ1n) is 10.1. The topological polar surface area (TPSA) is 59.3 Å². The molecule has 1 amide bonds. The van der Waals surface area contributed by atoms with E-state index in [-0.39, 0.29) is 11.3 Å². The van der Waals surface area contributed by atoms with Crippen molar-refractivity contribution in [3.63, 3.8) is 0 Å². The minimum Gasteiger partial charge on any atom is -0.352 e. The zero-order valence-electron chi connectivity index (χ0n) is 17.8. The molecule has 6 heteroatoms. The first-order valence-corrected chi connectivity index (χ1v) is 11.0. The second-order valence-corrected chi connectivity index (χ2v) is 9.39. The molecule has 0 aliphatic heterocycles. The number of fused-ring (bicyclic) bond motifs is 1. The highest BCUT2D eigenvalue weighted by molar-refractivity contribution is 7.15. The van der Waals surface area contributed by atoms with Crippen molar-refractivity contribution in [1.29, 1.82) is 0 Å². The Kier molecular flexibility index (Phi) is 5.43. The van der Waals surface area contributed by atoms with Gasteiger partial charge in [0.15, 0.2) is 5.82 Å². The number of aryl methyl sites for hydroxylation is 1. The number of nitrogens with zero attached hydrogens (tertiary/aromatic N) is 3. The molecule has 0 aliphatic carbocycles. The van der Waals surface area contributed by atoms with E-state index in [0.29, 0.717) is 18.5 Å². The summed E-state index contributed by atoms with van der Waals surface area (Å²) in [6.07, 6.45) is 0.697. The van der Waals surface area contributed by atoms with Crippen molar-refractivity contribution in [3.8, 4) is 11.4 Å². The largest absolute Gasteiger partial charge is 0.352 e. The van der Waals surface area contributed by atoms with Crippen LogP contribution < -0.4 is 5.32 Å². The van der Waals surface area contributed by atoms with Crippen LogP contribution in [0.5, 0.6) is 0 Å². The van der Waals surface area contributed by atoms with E-state index in [2.05, 4.69) is 60.6 Å². The standard InChI is InChI=1S/C24H26N4OS/c1-16-5-7-17(8-6-16)21-26-23-28(27-21)20(15-30-23)13-14-25-22(29)18-9-11-19(12-10-18)24(2,3)4/h5-12,15H,13-14H2,1-4H3,(H,25,29). The van der Waals surface area contributed by atoms with Crippen molar-refractivity contribution in [2.45, 2.75) is 39.5 Å². The van der Waals surface area contributed by atoms with Crippen LogP contribution in [0.4, 0.5) is 0 Å². The van der Waals surface area contributed by atoms with Gasteiger partial charge in [-0.25, -0.2) is 4.52 Å². The van der Waals surface area contributed by atoms with Gasteiger partial charge in [0.2, 0.25) is 4.96 Å². The summed E-state index contributed by atoms with van der Waals surface area (Å²) in [4.78, 5) is 18.0. The summed E-state index contributed by atoms with van der Waals surface area (Å²) in [6, 6.07) is 16.1. The zero-order chi connectivity index (χ0) is 21.3. The van der Waals surface area contributed by atoms with Crippen LogP contribution in [0.15, 0.2) is 53.9 Å². The van der Waals surface area contributed by atoms with E-state index in [0.717, 1.165) is 22.0 Å². The van der Waals surface area contributed by atoms with Gasteiger partial charge in [0, 0.05) is 29.5 Å². The van der Waals surface area contributed by atoms with Crippen LogP contribution in [0.1, 0.15) is 48.0 Å². The average molecular weight is 419 g/mol. The molecule has 0 saturated carbocycles. The maximum Gasteiger partial charge on any atom is 0.251 e. The Morgan fingerprint density at radius 3 is 2.43 bits per heavy atom. The molecule has 4 rings (SSSR count). The van der Waals surface area contributed by atoms with E-state index in [4.69, 9.17) is 0 Å². The van der Waals surface area contributed by atoms with Gasteiger partial charge < -0.3 is 5.32 Å². The Balaban J connectivity index is 1.40. The number of nitrogens with one attached hydrogen (secondary N) is 1. The van der Waals surface area contributed by atoms with Crippen molar-refractivity contribution < 1.29 is 4.79 Å². The van der Waals surface area contributed by atoms with E-state index >= 15 is 0 Å². The molecule has 0 spiro atoms. The lowest BCUT2D eigenvalue weighted by molar-refractivity contribution is 0.0954. The minimum atomic E-state index is -0.0548. The SMILES string of the molecule is Cc1ccc(-c2nc3scc(CCNC(=O)c4ccc(C(C)(C)C)cc4)n3n2)cc1. The monoisotopic (exact) mass is 418 g/mol. The van der Waals surface area contributed by atoms with E-state index in [1.54, 1.807) is 11.3 Å². The van der Waals surface area contributed by atoms with Crippen molar-refractivity contribution >= 4 is 22.2 Å². The second-order valence-electron chi connectivity index (χ2n) is 8.56. The van der Waals surface area contributed by atoms with Gasteiger partial charge in [-0.05, 0) is 30.0 Å². The first kappa shape index (κ1) is 20.3. The predicted octanol–water partition coefficient (Wildman–Crippen LogP) is 5.04. The van der Waals surface area contributed by atoms with Crippen LogP contribution >= 0.6 is 11.3 Å². The highest BCUT2D eigenvalue weighted by Crippen LogP contribution is 2.23. The van der Waals surface area contributed by atoms with Gasteiger partial charge in [-0.2, -0.15) is 4.98 Å². The lowest BCUT2D eigenvalue weighted by Crippen LogP contribution is -2.26. The third kappa shape index (κ3) is 4.28. The van der Waals surface area contributed by atoms with E-state index in [1.807, 2.05) is 40.9 Å². The summed E-state index contributed by atoms with van der Waals surface area (Å²) in [6.45, 7) is 9.11. The third-order valence-corrected chi connectivity index (χ3v) is 6.00. The number of hydrogen-bond donors (Lipinski definition) is 1. The molecule has 0 radical (unpaired) electrons. The van der Waals surface area contributed by atoms with Gasteiger partial charge in [0.05, 0.1) is 5.69 Å². The number of hydrogen-bond acceptors (Lipinski definition) is 4. The predicted molar refractivity (Wildman–Crippen MR) is 122 cm³/mol. The summed E-state index contributed by atoms with van der Waals surface area (Å²) >= 11 is 1.57. The lowest BCUT2D eigenvalue weighted by Gasteiger charge is -2.19. The molecule has 0 aliphatic rings. The van der Waals surface area contributed by atoms with Crippen LogP contribution in [0.2, 0.25) is 0 Å². The molecule has 2 heterocycles. The molecule has 0 bridgehead atoms. The number of amides is 1. The van der Waals surface area contributed by atoms with Crippen molar-refractivity contribution in [3.05, 3.63) is 76.3 Å². The fraction of sp³-hybridized carbons (Fsp3) is 0.292. The fourth-order valence-corrected chi connectivity index (χ4v) is 4.11. The van der Waals surface area contributed by atoms with Crippen molar-refractivity contribution in [1.82, 2.24) is 19.9 Å². The van der Waals surface area contributed by atoms with Gasteiger partial charge in [0.1, 0.15) is 0 Å². The fourth-order valence-electron chi connectivity index (χ4n) is 3.25. The summed E-state index contributed by atoms with van der Waals surface area (Å²) in [5, 5.41) is 9.73. The van der Waals surface area contributed by atoms with Gasteiger partial charge in [-0.15, -0.1) is 16.4 Å². The highest BCUT2D eigenvalue weighted by atomic mass is 32.1. The molecule has 2 aromatic heterocycles.